The van der Waals surface area contributed by atoms with Gasteiger partial charge in [0.2, 0.25) is 11.9 Å². The molecule has 1 saturated heterocycles. The van der Waals surface area contributed by atoms with Crippen LogP contribution in [0.2, 0.25) is 10.0 Å². The maximum atomic E-state index is 12.5. The van der Waals surface area contributed by atoms with Gasteiger partial charge in [-0.1, -0.05) is 29.3 Å². The monoisotopic (exact) mass is 490 g/mol. The zero-order chi connectivity index (χ0) is 23.4. The number of hydrogen-bond acceptors (Lipinski definition) is 7. The zero-order valence-electron chi connectivity index (χ0n) is 18.2. The number of carbonyl (C=O) groups excluding carboxylic acids is 2. The van der Waals surface area contributed by atoms with Gasteiger partial charge in [0, 0.05) is 50.8 Å². The number of piperazine rings is 1. The SMILES string of the molecule is COC(=O)CCCCC(=O)N1CCN(c2nc3nccc(-c4ccc(Cl)c(Cl)c4)n3n2)CC1. The smallest absolute Gasteiger partial charge is 0.305 e. The number of benzene rings is 1. The number of methoxy groups -OCH3 is 1. The van der Waals surface area contributed by atoms with Crippen molar-refractivity contribution in [2.75, 3.05) is 38.2 Å². The van der Waals surface area contributed by atoms with Crippen LogP contribution in [0.5, 0.6) is 0 Å². The Morgan fingerprint density at radius 1 is 1.03 bits per heavy atom. The summed E-state index contributed by atoms with van der Waals surface area (Å²) in [7, 11) is 1.37. The van der Waals surface area contributed by atoms with Crippen LogP contribution in [0.4, 0.5) is 5.95 Å². The molecule has 4 rings (SSSR count). The minimum absolute atomic E-state index is 0.103. The van der Waals surface area contributed by atoms with Crippen LogP contribution in [0.3, 0.4) is 0 Å². The molecule has 1 aliphatic heterocycles. The van der Waals surface area contributed by atoms with E-state index in [1.807, 2.05) is 21.9 Å². The van der Waals surface area contributed by atoms with Gasteiger partial charge in [0.05, 0.1) is 22.8 Å². The number of nitrogens with zero attached hydrogens (tertiary/aromatic N) is 6. The van der Waals surface area contributed by atoms with Gasteiger partial charge in [-0.15, -0.1) is 5.10 Å². The number of ether oxygens (including phenoxy) is 1. The molecular weight excluding hydrogens is 467 g/mol. The van der Waals surface area contributed by atoms with Crippen molar-refractivity contribution in [3.63, 3.8) is 0 Å². The van der Waals surface area contributed by atoms with E-state index in [4.69, 9.17) is 23.2 Å². The van der Waals surface area contributed by atoms with E-state index in [1.54, 1.807) is 22.8 Å². The van der Waals surface area contributed by atoms with Crippen LogP contribution in [0, 0.1) is 0 Å². The predicted molar refractivity (Wildman–Crippen MR) is 126 cm³/mol. The maximum Gasteiger partial charge on any atom is 0.305 e. The van der Waals surface area contributed by atoms with Crippen molar-refractivity contribution in [3.8, 4) is 11.3 Å². The molecule has 3 aromatic rings. The molecule has 0 unspecified atom stereocenters. The molecule has 1 aliphatic rings. The third-order valence-electron chi connectivity index (χ3n) is 5.61. The fraction of sp³-hybridized carbons (Fsp3) is 0.409. The first-order chi connectivity index (χ1) is 16.0. The summed E-state index contributed by atoms with van der Waals surface area (Å²) in [6.45, 7) is 2.46. The van der Waals surface area contributed by atoms with E-state index in [1.165, 1.54) is 7.11 Å². The van der Waals surface area contributed by atoms with Crippen LogP contribution in [0.15, 0.2) is 30.5 Å². The van der Waals surface area contributed by atoms with Gasteiger partial charge in [-0.25, -0.2) is 4.98 Å². The summed E-state index contributed by atoms with van der Waals surface area (Å²) in [6.07, 6.45) is 3.78. The quantitative estimate of drug-likeness (QED) is 0.369. The number of amides is 1. The van der Waals surface area contributed by atoms with E-state index < -0.39 is 0 Å². The molecule has 0 saturated carbocycles. The Bertz CT molecular complexity index is 1160. The number of anilines is 1. The summed E-state index contributed by atoms with van der Waals surface area (Å²) < 4.78 is 6.31. The highest BCUT2D eigenvalue weighted by molar-refractivity contribution is 6.42. The number of unbranched alkanes of at least 4 members (excludes halogenated alkanes) is 1. The molecule has 0 spiro atoms. The fourth-order valence-corrected chi connectivity index (χ4v) is 4.05. The summed E-state index contributed by atoms with van der Waals surface area (Å²) >= 11 is 12.2. The van der Waals surface area contributed by atoms with Crippen molar-refractivity contribution >= 4 is 46.8 Å². The van der Waals surface area contributed by atoms with Crippen molar-refractivity contribution in [2.24, 2.45) is 0 Å². The molecule has 1 aromatic carbocycles. The van der Waals surface area contributed by atoms with Crippen LogP contribution in [0.1, 0.15) is 25.7 Å². The average molecular weight is 491 g/mol. The number of hydrogen-bond donors (Lipinski definition) is 0. The third kappa shape index (κ3) is 5.36. The first kappa shape index (κ1) is 23.3. The van der Waals surface area contributed by atoms with Gasteiger partial charge in [0.25, 0.3) is 5.78 Å². The Balaban J connectivity index is 1.39. The minimum atomic E-state index is -0.243. The Labute approximate surface area is 201 Å². The van der Waals surface area contributed by atoms with Gasteiger partial charge in [-0.05, 0) is 31.0 Å². The third-order valence-corrected chi connectivity index (χ3v) is 6.35. The van der Waals surface area contributed by atoms with E-state index >= 15 is 0 Å². The molecule has 2 aromatic heterocycles. The van der Waals surface area contributed by atoms with Gasteiger partial charge in [-0.2, -0.15) is 9.50 Å². The van der Waals surface area contributed by atoms with Crippen LogP contribution in [-0.4, -0.2) is 69.6 Å². The fourth-order valence-electron chi connectivity index (χ4n) is 3.75. The normalized spacial score (nSPS) is 14.0. The van der Waals surface area contributed by atoms with Gasteiger partial charge in [0.15, 0.2) is 0 Å². The van der Waals surface area contributed by atoms with Gasteiger partial charge in [0.1, 0.15) is 0 Å². The summed E-state index contributed by atoms with van der Waals surface area (Å²) in [6, 6.07) is 7.26. The Hall–Kier alpha value is -2.91. The number of aromatic nitrogens is 4. The molecule has 11 heteroatoms. The van der Waals surface area contributed by atoms with E-state index in [0.717, 1.165) is 11.3 Å². The molecule has 3 heterocycles. The van der Waals surface area contributed by atoms with Gasteiger partial charge >= 0.3 is 5.97 Å². The standard InChI is InChI=1S/C22H24Cl2N6O3/c1-33-20(32)5-3-2-4-19(31)28-10-12-29(13-11-28)22-26-21-25-9-8-18(30(21)27-22)15-6-7-16(23)17(24)14-15/h6-9,14H,2-5,10-13H2,1H3. The summed E-state index contributed by atoms with van der Waals surface area (Å²) in [5, 5.41) is 5.62. The van der Waals surface area contributed by atoms with E-state index in [2.05, 4.69) is 19.8 Å². The lowest BCUT2D eigenvalue weighted by Crippen LogP contribution is -2.49. The average Bonchev–Trinajstić information content (AvgIpc) is 3.28. The van der Waals surface area contributed by atoms with Gasteiger partial charge < -0.3 is 14.5 Å². The molecule has 0 bridgehead atoms. The highest BCUT2D eigenvalue weighted by Crippen LogP contribution is 2.28. The highest BCUT2D eigenvalue weighted by Gasteiger charge is 2.24. The molecule has 0 aliphatic carbocycles. The first-order valence-corrected chi connectivity index (χ1v) is 11.5. The molecule has 1 fully saturated rings. The van der Waals surface area contributed by atoms with E-state index in [0.29, 0.717) is 73.6 Å². The topological polar surface area (TPSA) is 92.9 Å². The minimum Gasteiger partial charge on any atom is -0.469 e. The summed E-state index contributed by atoms with van der Waals surface area (Å²) in [5.74, 6) is 0.914. The van der Waals surface area contributed by atoms with Crippen LogP contribution in [-0.2, 0) is 14.3 Å². The van der Waals surface area contributed by atoms with Crippen molar-refractivity contribution in [1.29, 1.82) is 0 Å². The van der Waals surface area contributed by atoms with Gasteiger partial charge in [-0.3, -0.25) is 9.59 Å². The zero-order valence-corrected chi connectivity index (χ0v) is 19.7. The highest BCUT2D eigenvalue weighted by atomic mass is 35.5. The largest absolute Gasteiger partial charge is 0.469 e. The van der Waals surface area contributed by atoms with Crippen LogP contribution in [0.25, 0.3) is 17.0 Å². The number of halogens is 2. The lowest BCUT2D eigenvalue weighted by atomic mass is 10.1. The second-order valence-corrected chi connectivity index (χ2v) is 8.55. The molecule has 0 atom stereocenters. The molecule has 0 N–H and O–H groups in total. The number of carbonyl (C=O) groups is 2. The van der Waals surface area contributed by atoms with E-state index in [9.17, 15) is 9.59 Å². The molecule has 174 valence electrons. The van der Waals surface area contributed by atoms with Crippen LogP contribution < -0.4 is 4.90 Å². The predicted octanol–water partition coefficient (Wildman–Crippen LogP) is 3.48. The Kier molecular flexibility index (Phi) is 7.29. The second-order valence-electron chi connectivity index (χ2n) is 7.73. The maximum absolute atomic E-state index is 12.5. The van der Waals surface area contributed by atoms with Crippen molar-refractivity contribution in [1.82, 2.24) is 24.5 Å². The molecular formula is C22H24Cl2N6O3. The number of fused-ring (bicyclic) bond motifs is 1. The Morgan fingerprint density at radius 2 is 1.79 bits per heavy atom. The molecule has 9 nitrogen and oxygen atoms in total. The van der Waals surface area contributed by atoms with Crippen molar-refractivity contribution < 1.29 is 14.3 Å². The number of rotatable bonds is 7. The summed E-state index contributed by atoms with van der Waals surface area (Å²) in [5.41, 5.74) is 1.66. The second kappa shape index (κ2) is 10.4. The Morgan fingerprint density at radius 3 is 2.52 bits per heavy atom. The molecule has 0 radical (unpaired) electrons. The van der Waals surface area contributed by atoms with Crippen LogP contribution >= 0.6 is 23.2 Å². The first-order valence-electron chi connectivity index (χ1n) is 10.7. The molecule has 33 heavy (non-hydrogen) atoms. The molecule has 1 amide bonds. The number of esters is 1. The van der Waals surface area contributed by atoms with Crippen molar-refractivity contribution in [3.05, 3.63) is 40.5 Å². The van der Waals surface area contributed by atoms with E-state index in [-0.39, 0.29) is 11.9 Å². The summed E-state index contributed by atoms with van der Waals surface area (Å²) in [4.78, 5) is 36.5. The lowest BCUT2D eigenvalue weighted by molar-refractivity contribution is -0.141. The lowest BCUT2D eigenvalue weighted by Gasteiger charge is -2.34. The van der Waals surface area contributed by atoms with Crippen molar-refractivity contribution in [2.45, 2.75) is 25.7 Å².